The Morgan fingerprint density at radius 3 is 2.56 bits per heavy atom. The van der Waals surface area contributed by atoms with Crippen LogP contribution in [0.5, 0.6) is 5.75 Å². The van der Waals surface area contributed by atoms with E-state index in [2.05, 4.69) is 0 Å². The normalized spacial score (nSPS) is 10.1. The Labute approximate surface area is 103 Å². The van der Waals surface area contributed by atoms with Gasteiger partial charge in [0.15, 0.2) is 11.6 Å². The van der Waals surface area contributed by atoms with E-state index in [-0.39, 0.29) is 12.2 Å². The van der Waals surface area contributed by atoms with Crippen LogP contribution in [0.1, 0.15) is 15.9 Å². The fourth-order valence-electron chi connectivity index (χ4n) is 1.48. The molecule has 2 rings (SSSR count). The number of phenolic OH excluding ortho intramolecular Hbond substituents is 1. The Morgan fingerprint density at radius 2 is 1.83 bits per heavy atom. The maximum atomic E-state index is 13.0. The topological polar surface area (TPSA) is 46.5 Å². The minimum absolute atomic E-state index is 0.0790. The van der Waals surface area contributed by atoms with Gasteiger partial charge in [0.1, 0.15) is 12.2 Å². The van der Waals surface area contributed by atoms with Crippen molar-refractivity contribution in [2.75, 3.05) is 0 Å². The van der Waals surface area contributed by atoms with Gasteiger partial charge in [-0.1, -0.05) is 36.4 Å². The lowest BCUT2D eigenvalue weighted by molar-refractivity contribution is 0.0468. The monoisotopic (exact) mass is 246 g/mol. The number of esters is 1. The molecule has 3 nitrogen and oxygen atoms in total. The Hall–Kier alpha value is -2.36. The molecule has 0 spiro atoms. The third kappa shape index (κ3) is 2.66. The van der Waals surface area contributed by atoms with E-state index in [1.165, 1.54) is 12.1 Å². The van der Waals surface area contributed by atoms with Gasteiger partial charge in [0, 0.05) is 0 Å². The predicted molar refractivity (Wildman–Crippen MR) is 63.6 cm³/mol. The summed E-state index contributed by atoms with van der Waals surface area (Å²) in [4.78, 5) is 11.6. The largest absolute Gasteiger partial charge is 0.504 e. The first-order chi connectivity index (χ1) is 8.68. The van der Waals surface area contributed by atoms with Crippen molar-refractivity contribution in [3.63, 3.8) is 0 Å². The van der Waals surface area contributed by atoms with Crippen LogP contribution in [0, 0.1) is 5.82 Å². The summed E-state index contributed by atoms with van der Waals surface area (Å²) in [6.45, 7) is 0.0790. The summed E-state index contributed by atoms with van der Waals surface area (Å²) in [5.41, 5.74) is 0.646. The molecule has 2 aromatic carbocycles. The molecule has 0 radical (unpaired) electrons. The van der Waals surface area contributed by atoms with Crippen LogP contribution in [0.4, 0.5) is 4.39 Å². The quantitative estimate of drug-likeness (QED) is 0.847. The molecule has 0 unspecified atom stereocenters. The van der Waals surface area contributed by atoms with Gasteiger partial charge in [-0.3, -0.25) is 0 Å². The third-order valence-corrected chi connectivity index (χ3v) is 2.42. The van der Waals surface area contributed by atoms with Crippen LogP contribution in [0.2, 0.25) is 0 Å². The van der Waals surface area contributed by atoms with Gasteiger partial charge in [-0.15, -0.1) is 0 Å². The van der Waals surface area contributed by atoms with Crippen molar-refractivity contribution in [2.45, 2.75) is 6.61 Å². The molecule has 92 valence electrons. The number of hydrogen-bond acceptors (Lipinski definition) is 3. The van der Waals surface area contributed by atoms with Crippen LogP contribution >= 0.6 is 0 Å². The maximum absolute atomic E-state index is 13.0. The first-order valence-electron chi connectivity index (χ1n) is 5.37. The highest BCUT2D eigenvalue weighted by atomic mass is 19.1. The van der Waals surface area contributed by atoms with Crippen molar-refractivity contribution in [1.29, 1.82) is 0 Å². The highest BCUT2D eigenvalue weighted by Crippen LogP contribution is 2.21. The molecule has 4 heteroatoms. The van der Waals surface area contributed by atoms with Gasteiger partial charge in [0.2, 0.25) is 0 Å². The molecule has 18 heavy (non-hydrogen) atoms. The summed E-state index contributed by atoms with van der Waals surface area (Å²) in [6.07, 6.45) is 0. The zero-order valence-corrected chi connectivity index (χ0v) is 9.47. The van der Waals surface area contributed by atoms with Crippen molar-refractivity contribution >= 4 is 5.97 Å². The first-order valence-corrected chi connectivity index (χ1v) is 5.37. The Kier molecular flexibility index (Phi) is 3.57. The lowest BCUT2D eigenvalue weighted by Crippen LogP contribution is -2.06. The van der Waals surface area contributed by atoms with Crippen molar-refractivity contribution in [3.05, 3.63) is 65.5 Å². The summed E-state index contributed by atoms with van der Waals surface area (Å²) < 4.78 is 18.0. The van der Waals surface area contributed by atoms with Gasteiger partial charge >= 0.3 is 5.97 Å². The number of carbonyl (C=O) groups is 1. The minimum Gasteiger partial charge on any atom is -0.504 e. The zero-order valence-electron chi connectivity index (χ0n) is 9.47. The molecule has 0 amide bonds. The van der Waals surface area contributed by atoms with Crippen LogP contribution in [0.3, 0.4) is 0 Å². The minimum atomic E-state index is -0.843. The van der Waals surface area contributed by atoms with E-state index in [0.29, 0.717) is 0 Å². The standard InChI is InChI=1S/C14H11FO3/c15-12-8-4-7-11(13(12)16)14(17)18-9-10-5-2-1-3-6-10/h1-8,16H,9H2. The molecule has 0 bridgehead atoms. The number of ether oxygens (including phenoxy) is 1. The number of halogens is 1. The highest BCUT2D eigenvalue weighted by molar-refractivity contribution is 5.92. The summed E-state index contributed by atoms with van der Waals surface area (Å²) in [6, 6.07) is 12.8. The van der Waals surface area contributed by atoms with Crippen LogP contribution in [0.25, 0.3) is 0 Å². The van der Waals surface area contributed by atoms with E-state index in [0.717, 1.165) is 11.6 Å². The molecule has 0 aliphatic rings. The average molecular weight is 246 g/mol. The number of phenols is 1. The van der Waals surface area contributed by atoms with Crippen LogP contribution in [-0.4, -0.2) is 11.1 Å². The molecule has 0 fully saturated rings. The lowest BCUT2D eigenvalue weighted by Gasteiger charge is -2.06. The molecule has 1 N–H and O–H groups in total. The van der Waals surface area contributed by atoms with Gasteiger partial charge in [0.05, 0.1) is 0 Å². The number of aromatic hydroxyl groups is 1. The first kappa shape index (κ1) is 12.1. The Balaban J connectivity index is 2.07. The number of para-hydroxylation sites is 1. The van der Waals surface area contributed by atoms with Crippen molar-refractivity contribution in [2.24, 2.45) is 0 Å². The van der Waals surface area contributed by atoms with Gasteiger partial charge in [-0.05, 0) is 17.7 Å². The van der Waals surface area contributed by atoms with Gasteiger partial charge in [-0.25, -0.2) is 9.18 Å². The number of benzene rings is 2. The van der Waals surface area contributed by atoms with E-state index in [4.69, 9.17) is 4.74 Å². The second-order valence-electron chi connectivity index (χ2n) is 3.70. The Morgan fingerprint density at radius 1 is 1.11 bits per heavy atom. The molecular formula is C14H11FO3. The van der Waals surface area contributed by atoms with E-state index >= 15 is 0 Å². The van der Waals surface area contributed by atoms with Crippen LogP contribution < -0.4 is 0 Å². The zero-order chi connectivity index (χ0) is 13.0. The number of rotatable bonds is 3. The fraction of sp³-hybridized carbons (Fsp3) is 0.0714. The van der Waals surface area contributed by atoms with E-state index in [1.807, 2.05) is 18.2 Å². The molecule has 0 atom stereocenters. The molecule has 0 heterocycles. The maximum Gasteiger partial charge on any atom is 0.342 e. The highest BCUT2D eigenvalue weighted by Gasteiger charge is 2.15. The third-order valence-electron chi connectivity index (χ3n) is 2.42. The van der Waals surface area contributed by atoms with Gasteiger partial charge in [-0.2, -0.15) is 0 Å². The van der Waals surface area contributed by atoms with Crippen molar-refractivity contribution < 1.29 is 19.0 Å². The van der Waals surface area contributed by atoms with Crippen LogP contribution in [0.15, 0.2) is 48.5 Å². The molecule has 0 aliphatic carbocycles. The van der Waals surface area contributed by atoms with E-state index in [1.54, 1.807) is 12.1 Å². The summed E-state index contributed by atoms with van der Waals surface area (Å²) >= 11 is 0. The fourth-order valence-corrected chi connectivity index (χ4v) is 1.48. The van der Waals surface area contributed by atoms with E-state index in [9.17, 15) is 14.3 Å². The average Bonchev–Trinajstić information content (AvgIpc) is 2.40. The summed E-state index contributed by atoms with van der Waals surface area (Å²) in [5.74, 6) is -2.28. The smallest absolute Gasteiger partial charge is 0.342 e. The van der Waals surface area contributed by atoms with Crippen molar-refractivity contribution in [3.8, 4) is 5.75 Å². The second-order valence-corrected chi connectivity index (χ2v) is 3.70. The SMILES string of the molecule is O=C(OCc1ccccc1)c1cccc(F)c1O. The summed E-state index contributed by atoms with van der Waals surface area (Å²) in [5, 5.41) is 9.39. The van der Waals surface area contributed by atoms with E-state index < -0.39 is 17.5 Å². The Bertz CT molecular complexity index is 552. The van der Waals surface area contributed by atoms with Crippen LogP contribution in [-0.2, 0) is 11.3 Å². The van der Waals surface area contributed by atoms with Gasteiger partial charge in [0.25, 0.3) is 0 Å². The molecule has 0 aromatic heterocycles. The molecule has 0 aliphatic heterocycles. The predicted octanol–water partition coefficient (Wildman–Crippen LogP) is 2.89. The summed E-state index contributed by atoms with van der Waals surface area (Å²) in [7, 11) is 0. The molecular weight excluding hydrogens is 235 g/mol. The number of carbonyl (C=O) groups excluding carboxylic acids is 1. The van der Waals surface area contributed by atoms with Crippen molar-refractivity contribution in [1.82, 2.24) is 0 Å². The second kappa shape index (κ2) is 5.31. The molecule has 2 aromatic rings. The molecule has 0 saturated carbocycles. The van der Waals surface area contributed by atoms with Gasteiger partial charge < -0.3 is 9.84 Å². The molecule has 0 saturated heterocycles. The lowest BCUT2D eigenvalue weighted by atomic mass is 10.2. The number of hydrogen-bond donors (Lipinski definition) is 1.